The van der Waals surface area contributed by atoms with Crippen LogP contribution < -0.4 is 0 Å². The lowest BCUT2D eigenvalue weighted by Crippen LogP contribution is -2.22. The van der Waals surface area contributed by atoms with E-state index in [0.717, 1.165) is 6.42 Å². The van der Waals surface area contributed by atoms with Crippen molar-refractivity contribution >= 4 is 5.97 Å². The Kier molecular flexibility index (Phi) is 4.26. The Balaban J connectivity index is 2.42. The summed E-state index contributed by atoms with van der Waals surface area (Å²) in [6, 6.07) is 0. The molecular formula is C11H20O2. The fourth-order valence-electron chi connectivity index (χ4n) is 1.71. The number of esters is 1. The summed E-state index contributed by atoms with van der Waals surface area (Å²) < 4.78 is 5.30. The van der Waals surface area contributed by atoms with Crippen molar-refractivity contribution in [1.29, 1.82) is 0 Å². The van der Waals surface area contributed by atoms with Gasteiger partial charge in [0.15, 0.2) is 0 Å². The summed E-state index contributed by atoms with van der Waals surface area (Å²) >= 11 is 0. The Morgan fingerprint density at radius 2 is 1.85 bits per heavy atom. The first-order valence-corrected chi connectivity index (χ1v) is 5.39. The van der Waals surface area contributed by atoms with Crippen LogP contribution in [0.15, 0.2) is 0 Å². The predicted molar refractivity (Wildman–Crippen MR) is 52.4 cm³/mol. The van der Waals surface area contributed by atoms with E-state index in [9.17, 15) is 4.79 Å². The molecule has 0 N–H and O–H groups in total. The lowest BCUT2D eigenvalue weighted by Gasteiger charge is -2.21. The molecule has 2 unspecified atom stereocenters. The van der Waals surface area contributed by atoms with Crippen LogP contribution in [-0.2, 0) is 9.53 Å². The van der Waals surface area contributed by atoms with Crippen molar-refractivity contribution in [1.82, 2.24) is 0 Å². The van der Waals surface area contributed by atoms with Gasteiger partial charge in [-0.1, -0.05) is 26.2 Å². The third kappa shape index (κ3) is 3.79. The third-order valence-electron chi connectivity index (χ3n) is 2.91. The van der Waals surface area contributed by atoms with E-state index in [2.05, 4.69) is 6.92 Å². The minimum atomic E-state index is -0.0127. The summed E-state index contributed by atoms with van der Waals surface area (Å²) in [6.07, 6.45) is 6.63. The van der Waals surface area contributed by atoms with Crippen LogP contribution in [0.4, 0.5) is 0 Å². The van der Waals surface area contributed by atoms with Crippen LogP contribution >= 0.6 is 0 Å². The molecule has 0 saturated carbocycles. The van der Waals surface area contributed by atoms with Gasteiger partial charge in [0.05, 0.1) is 0 Å². The quantitative estimate of drug-likeness (QED) is 0.541. The molecule has 0 aliphatic carbocycles. The molecule has 0 radical (unpaired) electrons. The molecule has 1 saturated heterocycles. The molecule has 2 atom stereocenters. The molecule has 1 aliphatic rings. The molecule has 0 aromatic rings. The Labute approximate surface area is 80.7 Å². The molecule has 1 fully saturated rings. The third-order valence-corrected chi connectivity index (χ3v) is 2.91. The highest BCUT2D eigenvalue weighted by Crippen LogP contribution is 2.19. The van der Waals surface area contributed by atoms with Crippen LogP contribution in [0.2, 0.25) is 0 Å². The molecule has 0 amide bonds. The maximum atomic E-state index is 11.2. The molecule has 1 aliphatic heterocycles. The highest BCUT2D eigenvalue weighted by atomic mass is 16.5. The lowest BCUT2D eigenvalue weighted by atomic mass is 9.97. The molecule has 0 aromatic heterocycles. The minimum absolute atomic E-state index is 0.0127. The molecule has 2 heteroatoms. The van der Waals surface area contributed by atoms with Crippen LogP contribution in [0.25, 0.3) is 0 Å². The topological polar surface area (TPSA) is 26.3 Å². The zero-order chi connectivity index (χ0) is 9.68. The van der Waals surface area contributed by atoms with Crippen molar-refractivity contribution in [3.8, 4) is 0 Å². The van der Waals surface area contributed by atoms with E-state index in [4.69, 9.17) is 4.74 Å². The van der Waals surface area contributed by atoms with Crippen molar-refractivity contribution in [2.24, 2.45) is 5.92 Å². The van der Waals surface area contributed by atoms with Crippen molar-refractivity contribution < 1.29 is 9.53 Å². The van der Waals surface area contributed by atoms with E-state index in [1.165, 1.54) is 25.7 Å². The van der Waals surface area contributed by atoms with Crippen molar-refractivity contribution in [2.75, 3.05) is 0 Å². The van der Waals surface area contributed by atoms with Gasteiger partial charge in [0.25, 0.3) is 0 Å². The second-order valence-corrected chi connectivity index (χ2v) is 4.13. The normalized spacial score (nSPS) is 32.3. The fourth-order valence-corrected chi connectivity index (χ4v) is 1.71. The Bertz CT molecular complexity index is 165. The number of carbonyl (C=O) groups excluding carboxylic acids is 1. The molecule has 76 valence electrons. The standard InChI is InChI=1S/C11H20O2/c1-9-7-5-3-4-6-8-11(12)13-10(9)2/h9-10H,3-8H2,1-2H3. The van der Waals surface area contributed by atoms with Crippen LogP contribution in [0.1, 0.15) is 52.4 Å². The number of hydrogen-bond acceptors (Lipinski definition) is 2. The number of ether oxygens (including phenoxy) is 1. The Morgan fingerprint density at radius 1 is 1.15 bits per heavy atom. The first-order chi connectivity index (χ1) is 6.20. The van der Waals surface area contributed by atoms with Gasteiger partial charge >= 0.3 is 5.97 Å². The monoisotopic (exact) mass is 184 g/mol. The Hall–Kier alpha value is -0.530. The summed E-state index contributed by atoms with van der Waals surface area (Å²) in [5.74, 6) is 0.503. The maximum absolute atomic E-state index is 11.2. The number of hydrogen-bond donors (Lipinski definition) is 0. The molecule has 0 aromatic carbocycles. The summed E-state index contributed by atoms with van der Waals surface area (Å²) in [6.45, 7) is 4.17. The summed E-state index contributed by atoms with van der Waals surface area (Å²) in [7, 11) is 0. The predicted octanol–water partition coefficient (Wildman–Crippen LogP) is 2.91. The van der Waals surface area contributed by atoms with Crippen LogP contribution in [0.3, 0.4) is 0 Å². The lowest BCUT2D eigenvalue weighted by molar-refractivity contribution is -0.151. The highest BCUT2D eigenvalue weighted by Gasteiger charge is 2.17. The van der Waals surface area contributed by atoms with Gasteiger partial charge in [-0.15, -0.1) is 0 Å². The summed E-state index contributed by atoms with van der Waals surface area (Å²) in [4.78, 5) is 11.2. The molecule has 0 spiro atoms. The maximum Gasteiger partial charge on any atom is 0.306 e. The van der Waals surface area contributed by atoms with Crippen molar-refractivity contribution in [2.45, 2.75) is 58.5 Å². The van der Waals surface area contributed by atoms with E-state index in [-0.39, 0.29) is 12.1 Å². The first-order valence-electron chi connectivity index (χ1n) is 5.39. The van der Waals surface area contributed by atoms with Gasteiger partial charge in [-0.3, -0.25) is 4.79 Å². The average molecular weight is 184 g/mol. The van der Waals surface area contributed by atoms with Crippen LogP contribution in [0, 0.1) is 5.92 Å². The van der Waals surface area contributed by atoms with E-state index < -0.39 is 0 Å². The van der Waals surface area contributed by atoms with E-state index in [1.807, 2.05) is 6.92 Å². The molecule has 0 bridgehead atoms. The van der Waals surface area contributed by atoms with Gasteiger partial charge in [-0.05, 0) is 25.7 Å². The van der Waals surface area contributed by atoms with Gasteiger partial charge in [0, 0.05) is 6.42 Å². The molecule has 1 rings (SSSR count). The molecular weight excluding hydrogens is 164 g/mol. The van der Waals surface area contributed by atoms with Crippen molar-refractivity contribution in [3.05, 3.63) is 0 Å². The molecule has 1 heterocycles. The van der Waals surface area contributed by atoms with Gasteiger partial charge in [0.2, 0.25) is 0 Å². The zero-order valence-electron chi connectivity index (χ0n) is 8.71. The highest BCUT2D eigenvalue weighted by molar-refractivity contribution is 5.69. The summed E-state index contributed by atoms with van der Waals surface area (Å²) in [5.41, 5.74) is 0. The second kappa shape index (κ2) is 5.25. The van der Waals surface area contributed by atoms with E-state index in [0.29, 0.717) is 12.3 Å². The zero-order valence-corrected chi connectivity index (χ0v) is 8.71. The number of cyclic esters (lactones) is 1. The fraction of sp³-hybridized carbons (Fsp3) is 0.909. The van der Waals surface area contributed by atoms with Gasteiger partial charge in [0.1, 0.15) is 6.10 Å². The SMILES string of the molecule is CC1CCCCCCC(=O)OC1C. The number of carbonyl (C=O) groups is 1. The minimum Gasteiger partial charge on any atom is -0.462 e. The van der Waals surface area contributed by atoms with Crippen LogP contribution in [-0.4, -0.2) is 12.1 Å². The molecule has 13 heavy (non-hydrogen) atoms. The van der Waals surface area contributed by atoms with Gasteiger partial charge in [-0.25, -0.2) is 0 Å². The smallest absolute Gasteiger partial charge is 0.306 e. The second-order valence-electron chi connectivity index (χ2n) is 4.13. The van der Waals surface area contributed by atoms with Gasteiger partial charge < -0.3 is 4.74 Å². The largest absolute Gasteiger partial charge is 0.462 e. The molecule has 2 nitrogen and oxygen atoms in total. The van der Waals surface area contributed by atoms with Crippen LogP contribution in [0.5, 0.6) is 0 Å². The first kappa shape index (κ1) is 10.6. The Morgan fingerprint density at radius 3 is 2.62 bits per heavy atom. The average Bonchev–Trinajstić information content (AvgIpc) is 2.09. The number of rotatable bonds is 0. The summed E-state index contributed by atoms with van der Waals surface area (Å²) in [5, 5.41) is 0. The van der Waals surface area contributed by atoms with Gasteiger partial charge in [-0.2, -0.15) is 0 Å². The van der Waals surface area contributed by atoms with Crippen molar-refractivity contribution in [3.63, 3.8) is 0 Å². The van der Waals surface area contributed by atoms with E-state index in [1.54, 1.807) is 0 Å². The van der Waals surface area contributed by atoms with E-state index >= 15 is 0 Å².